The first-order chi connectivity index (χ1) is 12.0. The maximum absolute atomic E-state index is 11.5. The summed E-state index contributed by atoms with van der Waals surface area (Å²) in [5.41, 5.74) is 8.48. The summed E-state index contributed by atoms with van der Waals surface area (Å²) < 4.78 is 0. The molecule has 0 unspecified atom stereocenters. The molecule has 7 nitrogen and oxygen atoms in total. The third-order valence-corrected chi connectivity index (χ3v) is 5.08. The van der Waals surface area contributed by atoms with Gasteiger partial charge in [-0.05, 0) is 37.0 Å². The normalized spacial score (nSPS) is 17.1. The molecular weight excluding hydrogens is 340 g/mol. The lowest BCUT2D eigenvalue weighted by atomic mass is 9.83. The summed E-state index contributed by atoms with van der Waals surface area (Å²) in [6, 6.07) is 7.86. The molecule has 4 rings (SSSR count). The zero-order valence-corrected chi connectivity index (χ0v) is 14.4. The Bertz CT molecular complexity index is 940. The van der Waals surface area contributed by atoms with Crippen LogP contribution in [-0.4, -0.2) is 38.6 Å². The van der Waals surface area contributed by atoms with Crippen molar-refractivity contribution in [2.24, 2.45) is 5.73 Å². The van der Waals surface area contributed by atoms with Crippen LogP contribution in [0, 0.1) is 0 Å². The standard InChI is InChI=1S/C17H19ClN6O/c18-12-3-1-11(2-4-12)9-17(19)5-7-24(8-6-17)15-13-14(20-10-21-15)23-16(25)22-13/h1-4,10H,5-9,19H2,(H2,20,21,22,23,25). The first-order valence-electron chi connectivity index (χ1n) is 8.24. The van der Waals surface area contributed by atoms with Crippen LogP contribution in [0.1, 0.15) is 18.4 Å². The summed E-state index contributed by atoms with van der Waals surface area (Å²) in [7, 11) is 0. The van der Waals surface area contributed by atoms with Crippen LogP contribution in [-0.2, 0) is 6.42 Å². The fourth-order valence-corrected chi connectivity index (χ4v) is 3.55. The molecule has 1 aromatic carbocycles. The van der Waals surface area contributed by atoms with Crippen molar-refractivity contribution >= 4 is 28.6 Å². The third-order valence-electron chi connectivity index (χ3n) is 4.83. The van der Waals surface area contributed by atoms with Gasteiger partial charge < -0.3 is 15.6 Å². The van der Waals surface area contributed by atoms with Gasteiger partial charge in [0.1, 0.15) is 11.8 Å². The van der Waals surface area contributed by atoms with Gasteiger partial charge in [0.05, 0.1) is 0 Å². The Kier molecular flexibility index (Phi) is 3.97. The third kappa shape index (κ3) is 3.25. The second-order valence-corrected chi connectivity index (χ2v) is 7.09. The van der Waals surface area contributed by atoms with Gasteiger partial charge in [-0.3, -0.25) is 4.98 Å². The maximum Gasteiger partial charge on any atom is 0.325 e. The number of imidazole rings is 1. The second-order valence-electron chi connectivity index (χ2n) is 6.65. The first-order valence-corrected chi connectivity index (χ1v) is 8.62. The predicted octanol–water partition coefficient (Wildman–Crippen LogP) is 1.84. The summed E-state index contributed by atoms with van der Waals surface area (Å²) in [6.07, 6.45) is 3.98. The quantitative estimate of drug-likeness (QED) is 0.662. The van der Waals surface area contributed by atoms with Crippen molar-refractivity contribution < 1.29 is 0 Å². The maximum atomic E-state index is 11.5. The monoisotopic (exact) mass is 358 g/mol. The van der Waals surface area contributed by atoms with Gasteiger partial charge in [-0.2, -0.15) is 0 Å². The lowest BCUT2D eigenvalue weighted by molar-refractivity contribution is 0.330. The number of hydrogen-bond acceptors (Lipinski definition) is 5. The fourth-order valence-electron chi connectivity index (χ4n) is 3.43. The molecule has 0 aliphatic carbocycles. The molecular formula is C17H19ClN6O. The highest BCUT2D eigenvalue weighted by molar-refractivity contribution is 6.30. The van der Waals surface area contributed by atoms with Gasteiger partial charge >= 0.3 is 5.69 Å². The number of H-pyrrole nitrogens is 2. The highest BCUT2D eigenvalue weighted by atomic mass is 35.5. The number of piperidine rings is 1. The number of hydrogen-bond donors (Lipinski definition) is 3. The average Bonchev–Trinajstić information content (AvgIpc) is 2.98. The molecule has 0 bridgehead atoms. The number of nitrogens with one attached hydrogen (secondary N) is 2. The van der Waals surface area contributed by atoms with Crippen LogP contribution in [0.5, 0.6) is 0 Å². The van der Waals surface area contributed by atoms with E-state index >= 15 is 0 Å². The minimum atomic E-state index is -0.273. The smallest absolute Gasteiger partial charge is 0.325 e. The van der Waals surface area contributed by atoms with Crippen molar-refractivity contribution in [1.29, 1.82) is 0 Å². The number of halogens is 1. The van der Waals surface area contributed by atoms with Crippen LogP contribution in [0.15, 0.2) is 35.4 Å². The molecule has 0 amide bonds. The second kappa shape index (κ2) is 6.16. The minimum Gasteiger partial charge on any atom is -0.355 e. The van der Waals surface area contributed by atoms with Gasteiger partial charge in [-0.15, -0.1) is 0 Å². The summed E-state index contributed by atoms with van der Waals surface area (Å²) >= 11 is 5.95. The summed E-state index contributed by atoms with van der Waals surface area (Å²) in [6.45, 7) is 1.56. The number of rotatable bonds is 3. The number of nitrogens with zero attached hydrogens (tertiary/aromatic N) is 3. The van der Waals surface area contributed by atoms with Crippen LogP contribution in [0.4, 0.5) is 5.82 Å². The van der Waals surface area contributed by atoms with E-state index in [4.69, 9.17) is 17.3 Å². The molecule has 3 heterocycles. The van der Waals surface area contributed by atoms with Crippen molar-refractivity contribution in [3.8, 4) is 0 Å². The van der Waals surface area contributed by atoms with E-state index in [0.717, 1.165) is 43.2 Å². The Morgan fingerprint density at radius 2 is 1.88 bits per heavy atom. The van der Waals surface area contributed by atoms with Gasteiger partial charge in [-0.25, -0.2) is 14.8 Å². The molecule has 1 aliphatic heterocycles. The van der Waals surface area contributed by atoms with Crippen LogP contribution in [0.2, 0.25) is 5.02 Å². The number of anilines is 1. The summed E-state index contributed by atoms with van der Waals surface area (Å²) in [4.78, 5) is 27.6. The zero-order chi connectivity index (χ0) is 17.4. The van der Waals surface area contributed by atoms with Crippen LogP contribution < -0.4 is 16.3 Å². The van der Waals surface area contributed by atoms with E-state index < -0.39 is 0 Å². The van der Waals surface area contributed by atoms with Gasteiger partial charge in [0, 0.05) is 23.7 Å². The van der Waals surface area contributed by atoms with Crippen molar-refractivity contribution in [2.75, 3.05) is 18.0 Å². The molecule has 2 aromatic heterocycles. The van der Waals surface area contributed by atoms with Crippen LogP contribution in [0.25, 0.3) is 11.2 Å². The predicted molar refractivity (Wildman–Crippen MR) is 98.0 cm³/mol. The SMILES string of the molecule is NC1(Cc2ccc(Cl)cc2)CCN(c2ncnc3[nH]c(=O)[nH]c23)CC1. The van der Waals surface area contributed by atoms with E-state index in [1.54, 1.807) is 0 Å². The molecule has 0 spiro atoms. The molecule has 0 saturated carbocycles. The molecule has 130 valence electrons. The molecule has 1 aliphatic rings. The van der Waals surface area contributed by atoms with Crippen molar-refractivity contribution in [1.82, 2.24) is 19.9 Å². The lowest BCUT2D eigenvalue weighted by Gasteiger charge is -2.40. The largest absolute Gasteiger partial charge is 0.355 e. The molecule has 3 aromatic rings. The highest BCUT2D eigenvalue weighted by Crippen LogP contribution is 2.29. The first kappa shape index (κ1) is 16.1. The Morgan fingerprint density at radius 3 is 2.60 bits per heavy atom. The number of aromatic nitrogens is 4. The molecule has 0 radical (unpaired) electrons. The Morgan fingerprint density at radius 1 is 1.16 bits per heavy atom. The number of fused-ring (bicyclic) bond motifs is 1. The van der Waals surface area contributed by atoms with Gasteiger partial charge in [0.25, 0.3) is 0 Å². The van der Waals surface area contributed by atoms with E-state index in [-0.39, 0.29) is 11.2 Å². The zero-order valence-electron chi connectivity index (χ0n) is 13.6. The van der Waals surface area contributed by atoms with Crippen molar-refractivity contribution in [3.63, 3.8) is 0 Å². The Labute approximate surface area is 149 Å². The lowest BCUT2D eigenvalue weighted by Crippen LogP contribution is -2.52. The van der Waals surface area contributed by atoms with Crippen LogP contribution >= 0.6 is 11.6 Å². The van der Waals surface area contributed by atoms with Gasteiger partial charge in [-0.1, -0.05) is 23.7 Å². The molecule has 0 atom stereocenters. The van der Waals surface area contributed by atoms with E-state index in [1.165, 1.54) is 11.9 Å². The van der Waals surface area contributed by atoms with Gasteiger partial charge in [0.15, 0.2) is 11.5 Å². The van der Waals surface area contributed by atoms with E-state index in [2.05, 4.69) is 24.8 Å². The molecule has 25 heavy (non-hydrogen) atoms. The Hall–Kier alpha value is -2.38. The average molecular weight is 359 g/mol. The summed E-state index contributed by atoms with van der Waals surface area (Å²) in [5.74, 6) is 0.747. The van der Waals surface area contributed by atoms with Gasteiger partial charge in [0.2, 0.25) is 0 Å². The number of nitrogens with two attached hydrogens (primary N) is 1. The number of aromatic amines is 2. The highest BCUT2D eigenvalue weighted by Gasteiger charge is 2.32. The van der Waals surface area contributed by atoms with Crippen molar-refractivity contribution in [3.05, 3.63) is 51.7 Å². The minimum absolute atomic E-state index is 0.248. The molecule has 4 N–H and O–H groups in total. The van der Waals surface area contributed by atoms with Crippen LogP contribution in [0.3, 0.4) is 0 Å². The molecule has 8 heteroatoms. The summed E-state index contributed by atoms with van der Waals surface area (Å²) in [5, 5.41) is 0.734. The van der Waals surface area contributed by atoms with Crippen molar-refractivity contribution in [2.45, 2.75) is 24.8 Å². The molecule has 1 fully saturated rings. The van der Waals surface area contributed by atoms with E-state index in [0.29, 0.717) is 11.2 Å². The molecule has 1 saturated heterocycles. The van der Waals surface area contributed by atoms with E-state index in [9.17, 15) is 4.79 Å². The topological polar surface area (TPSA) is 104 Å². The fraction of sp³-hybridized carbons (Fsp3) is 0.353. The number of benzene rings is 1. The van der Waals surface area contributed by atoms with E-state index in [1.807, 2.05) is 24.3 Å². The Balaban J connectivity index is 1.50.